The first-order valence-electron chi connectivity index (χ1n) is 8.72. The highest BCUT2D eigenvalue weighted by Gasteiger charge is 2.38. The minimum absolute atomic E-state index is 0.00811. The van der Waals surface area contributed by atoms with Gasteiger partial charge in [0.15, 0.2) is 6.61 Å². The number of nitrogens with zero attached hydrogens (tertiary/aromatic N) is 2. The molecule has 0 spiro atoms. The van der Waals surface area contributed by atoms with Crippen LogP contribution in [0.4, 0.5) is 0 Å². The van der Waals surface area contributed by atoms with E-state index >= 15 is 0 Å². The van der Waals surface area contributed by atoms with Crippen LogP contribution in [0.1, 0.15) is 51.0 Å². The molecule has 0 saturated heterocycles. The molecule has 128 valence electrons. The smallest absolute Gasteiger partial charge is 0.261 e. The molecule has 1 amide bonds. The van der Waals surface area contributed by atoms with Gasteiger partial charge in [-0.15, -0.1) is 0 Å². The third-order valence-corrected chi connectivity index (χ3v) is 5.31. The minimum Gasteiger partial charge on any atom is -0.482 e. The summed E-state index contributed by atoms with van der Waals surface area (Å²) in [6.07, 6.45) is 6.81. The van der Waals surface area contributed by atoms with Crippen LogP contribution in [-0.2, 0) is 4.79 Å². The maximum absolute atomic E-state index is 12.7. The van der Waals surface area contributed by atoms with Crippen molar-refractivity contribution in [1.29, 1.82) is 5.26 Å². The number of benzene rings is 1. The summed E-state index contributed by atoms with van der Waals surface area (Å²) < 4.78 is 5.64. The Balaban J connectivity index is 1.61. The molecule has 2 saturated carbocycles. The van der Waals surface area contributed by atoms with Gasteiger partial charge >= 0.3 is 0 Å². The number of halogens is 1. The first kappa shape index (κ1) is 17.1. The second-order valence-electron chi connectivity index (χ2n) is 6.99. The van der Waals surface area contributed by atoms with Crippen molar-refractivity contribution in [1.82, 2.24) is 4.90 Å². The summed E-state index contributed by atoms with van der Waals surface area (Å²) in [6.45, 7) is 2.30. The van der Waals surface area contributed by atoms with E-state index in [0.29, 0.717) is 28.4 Å². The fraction of sp³-hybridized carbons (Fsp3) is 0.579. The van der Waals surface area contributed by atoms with Crippen molar-refractivity contribution >= 4 is 17.5 Å². The molecule has 5 heteroatoms. The predicted octanol–water partition coefficient (Wildman–Crippen LogP) is 4.16. The molecule has 0 aliphatic heterocycles. The van der Waals surface area contributed by atoms with E-state index in [4.69, 9.17) is 21.6 Å². The van der Waals surface area contributed by atoms with E-state index in [-0.39, 0.29) is 12.5 Å². The van der Waals surface area contributed by atoms with Crippen LogP contribution in [0.5, 0.6) is 5.75 Å². The maximum Gasteiger partial charge on any atom is 0.261 e. The molecule has 0 N–H and O–H groups in total. The quantitative estimate of drug-likeness (QED) is 0.804. The first-order chi connectivity index (χ1) is 11.6. The standard InChI is InChI=1S/C19H23ClN2O2/c1-13-2-5-15(6-3-13)22(16-7-8-16)19(23)12-24-18-9-4-14(11-21)10-17(18)20/h4,9-10,13,15-16H,2-3,5-8,12H2,1H3. The van der Waals surface area contributed by atoms with Crippen LogP contribution in [0.2, 0.25) is 5.02 Å². The number of carbonyl (C=O) groups excluding carboxylic acids is 1. The Bertz CT molecular complexity index is 643. The zero-order chi connectivity index (χ0) is 17.1. The molecular formula is C19H23ClN2O2. The van der Waals surface area contributed by atoms with E-state index in [2.05, 4.69) is 11.8 Å². The van der Waals surface area contributed by atoms with Crippen LogP contribution in [0, 0.1) is 17.2 Å². The van der Waals surface area contributed by atoms with Gasteiger partial charge in [0, 0.05) is 12.1 Å². The topological polar surface area (TPSA) is 53.3 Å². The summed E-state index contributed by atoms with van der Waals surface area (Å²) in [5.74, 6) is 1.28. The summed E-state index contributed by atoms with van der Waals surface area (Å²) in [6, 6.07) is 7.65. The Kier molecular flexibility index (Phi) is 5.30. The zero-order valence-electron chi connectivity index (χ0n) is 14.0. The van der Waals surface area contributed by atoms with Gasteiger partial charge in [0.2, 0.25) is 0 Å². The Labute approximate surface area is 148 Å². The van der Waals surface area contributed by atoms with Gasteiger partial charge in [-0.1, -0.05) is 18.5 Å². The van der Waals surface area contributed by atoms with Gasteiger partial charge < -0.3 is 9.64 Å². The second kappa shape index (κ2) is 7.44. The lowest BCUT2D eigenvalue weighted by Crippen LogP contribution is -2.45. The fourth-order valence-corrected chi connectivity index (χ4v) is 3.72. The van der Waals surface area contributed by atoms with Gasteiger partial charge in [0.25, 0.3) is 5.91 Å². The molecule has 0 bridgehead atoms. The molecule has 0 unspecified atom stereocenters. The SMILES string of the molecule is CC1CCC(N(C(=O)COc2ccc(C#N)cc2Cl)C2CC2)CC1. The molecule has 1 aromatic carbocycles. The maximum atomic E-state index is 12.7. The third-order valence-electron chi connectivity index (χ3n) is 5.02. The van der Waals surface area contributed by atoms with Crippen molar-refractivity contribution < 1.29 is 9.53 Å². The third kappa shape index (κ3) is 4.02. The highest BCUT2D eigenvalue weighted by atomic mass is 35.5. The second-order valence-corrected chi connectivity index (χ2v) is 7.40. The Hall–Kier alpha value is -1.73. The van der Waals surface area contributed by atoms with Crippen molar-refractivity contribution in [3.8, 4) is 11.8 Å². The van der Waals surface area contributed by atoms with Crippen molar-refractivity contribution in [2.75, 3.05) is 6.61 Å². The van der Waals surface area contributed by atoms with Crippen LogP contribution < -0.4 is 4.74 Å². The highest BCUT2D eigenvalue weighted by molar-refractivity contribution is 6.32. The van der Waals surface area contributed by atoms with E-state index in [0.717, 1.165) is 31.6 Å². The molecule has 0 radical (unpaired) electrons. The van der Waals surface area contributed by atoms with Gasteiger partial charge in [-0.3, -0.25) is 4.79 Å². The molecular weight excluding hydrogens is 324 g/mol. The molecule has 4 nitrogen and oxygen atoms in total. The van der Waals surface area contributed by atoms with Crippen molar-refractivity contribution in [2.24, 2.45) is 5.92 Å². The lowest BCUT2D eigenvalue weighted by molar-refractivity contribution is -0.137. The monoisotopic (exact) mass is 346 g/mol. The molecule has 24 heavy (non-hydrogen) atoms. The van der Waals surface area contributed by atoms with Crippen molar-refractivity contribution in [3.63, 3.8) is 0 Å². The molecule has 0 atom stereocenters. The predicted molar refractivity (Wildman–Crippen MR) is 93.0 cm³/mol. The molecule has 0 aromatic heterocycles. The fourth-order valence-electron chi connectivity index (χ4n) is 3.48. The van der Waals surface area contributed by atoms with Gasteiger partial charge in [0.05, 0.1) is 16.7 Å². The van der Waals surface area contributed by atoms with E-state index < -0.39 is 0 Å². The van der Waals surface area contributed by atoms with Gasteiger partial charge in [0.1, 0.15) is 5.75 Å². The lowest BCUT2D eigenvalue weighted by atomic mass is 9.86. The Morgan fingerprint density at radius 1 is 1.25 bits per heavy atom. The summed E-state index contributed by atoms with van der Waals surface area (Å²) in [7, 11) is 0. The zero-order valence-corrected chi connectivity index (χ0v) is 14.8. The highest BCUT2D eigenvalue weighted by Crippen LogP contribution is 2.35. The molecule has 3 rings (SSSR count). The molecule has 2 aliphatic rings. The number of amides is 1. The minimum atomic E-state index is 0.00811. The number of rotatable bonds is 5. The van der Waals surface area contributed by atoms with Crippen LogP contribution in [0.25, 0.3) is 0 Å². The number of carbonyl (C=O) groups is 1. The van der Waals surface area contributed by atoms with E-state index in [1.54, 1.807) is 18.2 Å². The number of hydrogen-bond acceptors (Lipinski definition) is 3. The van der Waals surface area contributed by atoms with Crippen LogP contribution in [0.15, 0.2) is 18.2 Å². The number of hydrogen-bond donors (Lipinski definition) is 0. The van der Waals surface area contributed by atoms with Gasteiger partial charge in [-0.25, -0.2) is 0 Å². The van der Waals surface area contributed by atoms with Gasteiger partial charge in [-0.2, -0.15) is 5.26 Å². The number of nitriles is 1. The molecule has 0 heterocycles. The van der Waals surface area contributed by atoms with Gasteiger partial charge in [-0.05, 0) is 62.6 Å². The van der Waals surface area contributed by atoms with E-state index in [1.165, 1.54) is 12.8 Å². The van der Waals surface area contributed by atoms with E-state index in [1.807, 2.05) is 6.07 Å². The molecule has 2 aliphatic carbocycles. The largest absolute Gasteiger partial charge is 0.482 e. The van der Waals surface area contributed by atoms with E-state index in [9.17, 15) is 4.79 Å². The summed E-state index contributed by atoms with van der Waals surface area (Å²) in [5.41, 5.74) is 0.481. The number of ether oxygens (including phenoxy) is 1. The Morgan fingerprint density at radius 3 is 2.42 bits per heavy atom. The van der Waals surface area contributed by atoms with Crippen molar-refractivity contribution in [3.05, 3.63) is 28.8 Å². The normalized spacial score (nSPS) is 23.4. The van der Waals surface area contributed by atoms with Crippen LogP contribution >= 0.6 is 11.6 Å². The van der Waals surface area contributed by atoms with Crippen LogP contribution in [0.3, 0.4) is 0 Å². The average Bonchev–Trinajstić information content (AvgIpc) is 3.40. The lowest BCUT2D eigenvalue weighted by Gasteiger charge is -2.36. The summed E-state index contributed by atoms with van der Waals surface area (Å²) in [4.78, 5) is 14.8. The molecule has 2 fully saturated rings. The van der Waals surface area contributed by atoms with Crippen molar-refractivity contribution in [2.45, 2.75) is 57.5 Å². The average molecular weight is 347 g/mol. The summed E-state index contributed by atoms with van der Waals surface area (Å²) >= 11 is 6.11. The first-order valence-corrected chi connectivity index (χ1v) is 9.10. The molecule has 1 aromatic rings. The Morgan fingerprint density at radius 2 is 1.88 bits per heavy atom. The van der Waals surface area contributed by atoms with Crippen LogP contribution in [-0.4, -0.2) is 29.5 Å². The summed E-state index contributed by atoms with van der Waals surface area (Å²) in [5, 5.41) is 9.23.